The molecule has 0 radical (unpaired) electrons. The zero-order valence-electron chi connectivity index (χ0n) is 11.3. The normalized spacial score (nSPS) is 11.3. The molecule has 0 aliphatic rings. The molecule has 0 N–H and O–H groups in total. The van der Waals surface area contributed by atoms with Gasteiger partial charge in [0.15, 0.2) is 0 Å². The van der Waals surface area contributed by atoms with Crippen LogP contribution in [-0.4, -0.2) is 17.6 Å². The maximum Gasteiger partial charge on any atom is 0.338 e. The largest absolute Gasteiger partial charge is 0.462 e. The van der Waals surface area contributed by atoms with Gasteiger partial charge in [-0.1, -0.05) is 29.8 Å². The van der Waals surface area contributed by atoms with Gasteiger partial charge in [-0.3, -0.25) is 0 Å². The maximum atomic E-state index is 13.0. The Kier molecular flexibility index (Phi) is 5.06. The van der Waals surface area contributed by atoms with E-state index in [1.807, 2.05) is 0 Å². The van der Waals surface area contributed by atoms with Crippen LogP contribution in [0.4, 0.5) is 4.39 Å². The maximum absolute atomic E-state index is 13.0. The van der Waals surface area contributed by atoms with Gasteiger partial charge in [0.05, 0.1) is 12.2 Å². The first-order chi connectivity index (χ1) is 10.1. The fourth-order valence-electron chi connectivity index (χ4n) is 1.76. The van der Waals surface area contributed by atoms with Crippen LogP contribution in [-0.2, 0) is 9.53 Å². The van der Waals surface area contributed by atoms with Crippen molar-refractivity contribution >= 4 is 29.2 Å². The first kappa shape index (κ1) is 15.2. The number of halogens is 2. The average molecular weight is 306 g/mol. The van der Waals surface area contributed by atoms with Crippen molar-refractivity contribution in [3.05, 3.63) is 64.7 Å². The fourth-order valence-corrected chi connectivity index (χ4v) is 1.93. The van der Waals surface area contributed by atoms with E-state index in [4.69, 9.17) is 16.3 Å². The Morgan fingerprint density at radius 1 is 1.33 bits per heavy atom. The Bertz CT molecular complexity index is 668. The van der Waals surface area contributed by atoms with Crippen molar-refractivity contribution in [2.45, 2.75) is 6.92 Å². The van der Waals surface area contributed by atoms with Crippen molar-refractivity contribution in [2.24, 2.45) is 0 Å². The van der Waals surface area contributed by atoms with Gasteiger partial charge in [0, 0.05) is 11.8 Å². The lowest BCUT2D eigenvalue weighted by molar-refractivity contribution is -0.136. The summed E-state index contributed by atoms with van der Waals surface area (Å²) in [5.41, 5.74) is 1.44. The van der Waals surface area contributed by atoms with E-state index in [1.165, 1.54) is 24.3 Å². The zero-order chi connectivity index (χ0) is 15.2. The summed E-state index contributed by atoms with van der Waals surface area (Å²) in [7, 11) is 0. The molecule has 0 saturated heterocycles. The minimum Gasteiger partial charge on any atom is -0.462 e. The van der Waals surface area contributed by atoms with Gasteiger partial charge < -0.3 is 4.74 Å². The molecular formula is C16H13ClFNO2. The Hall–Kier alpha value is -2.20. The number of rotatable bonds is 4. The van der Waals surface area contributed by atoms with E-state index in [0.717, 1.165) is 0 Å². The SMILES string of the molecule is CCOC(=O)/C(=C/c1cccnc1Cl)c1ccc(F)cc1. The predicted molar refractivity (Wildman–Crippen MR) is 80.2 cm³/mol. The molecule has 0 fully saturated rings. The van der Waals surface area contributed by atoms with Crippen LogP contribution in [0.5, 0.6) is 0 Å². The molecule has 0 spiro atoms. The summed E-state index contributed by atoms with van der Waals surface area (Å²) in [4.78, 5) is 16.1. The molecule has 1 aromatic carbocycles. The molecule has 0 aliphatic carbocycles. The minimum absolute atomic E-state index is 0.248. The lowest BCUT2D eigenvalue weighted by atomic mass is 10.0. The van der Waals surface area contributed by atoms with Crippen molar-refractivity contribution < 1.29 is 13.9 Å². The van der Waals surface area contributed by atoms with Crippen molar-refractivity contribution in [3.63, 3.8) is 0 Å². The van der Waals surface area contributed by atoms with E-state index in [2.05, 4.69) is 4.98 Å². The molecule has 1 heterocycles. The van der Waals surface area contributed by atoms with E-state index in [9.17, 15) is 9.18 Å². The van der Waals surface area contributed by atoms with Crippen molar-refractivity contribution in [2.75, 3.05) is 6.61 Å². The van der Waals surface area contributed by atoms with Crippen LogP contribution in [0.15, 0.2) is 42.6 Å². The molecule has 0 atom stereocenters. The van der Waals surface area contributed by atoms with Gasteiger partial charge in [0.2, 0.25) is 0 Å². The number of carbonyl (C=O) groups is 1. The van der Waals surface area contributed by atoms with E-state index in [-0.39, 0.29) is 17.6 Å². The number of esters is 1. The van der Waals surface area contributed by atoms with Crippen molar-refractivity contribution in [3.8, 4) is 0 Å². The quantitative estimate of drug-likeness (QED) is 0.487. The van der Waals surface area contributed by atoms with E-state index < -0.39 is 5.97 Å². The van der Waals surface area contributed by atoms with Crippen molar-refractivity contribution in [1.82, 2.24) is 4.98 Å². The molecule has 108 valence electrons. The molecule has 5 heteroatoms. The van der Waals surface area contributed by atoms with Crippen LogP contribution in [0, 0.1) is 5.82 Å². The average Bonchev–Trinajstić information content (AvgIpc) is 2.48. The summed E-state index contributed by atoms with van der Waals surface area (Å²) in [5, 5.41) is 0.279. The number of aromatic nitrogens is 1. The third-order valence-electron chi connectivity index (χ3n) is 2.74. The fraction of sp³-hybridized carbons (Fsp3) is 0.125. The third kappa shape index (κ3) is 3.89. The lowest BCUT2D eigenvalue weighted by Gasteiger charge is -2.08. The highest BCUT2D eigenvalue weighted by Gasteiger charge is 2.14. The second kappa shape index (κ2) is 6.99. The van der Waals surface area contributed by atoms with Gasteiger partial charge in [-0.25, -0.2) is 14.2 Å². The smallest absolute Gasteiger partial charge is 0.338 e. The van der Waals surface area contributed by atoms with E-state index >= 15 is 0 Å². The lowest BCUT2D eigenvalue weighted by Crippen LogP contribution is -2.07. The summed E-state index contributed by atoms with van der Waals surface area (Å²) < 4.78 is 18.1. The summed E-state index contributed by atoms with van der Waals surface area (Å²) in [6, 6.07) is 9.05. The summed E-state index contributed by atoms with van der Waals surface area (Å²) >= 11 is 5.99. The van der Waals surface area contributed by atoms with Gasteiger partial charge in [0.25, 0.3) is 0 Å². The van der Waals surface area contributed by atoms with Crippen LogP contribution in [0.25, 0.3) is 11.6 Å². The summed E-state index contributed by atoms with van der Waals surface area (Å²) in [6.07, 6.45) is 3.14. The number of carbonyl (C=O) groups excluding carboxylic acids is 1. The molecular weight excluding hydrogens is 293 g/mol. The molecule has 2 aromatic rings. The predicted octanol–water partition coefficient (Wildman–Crippen LogP) is 3.98. The Morgan fingerprint density at radius 2 is 2.05 bits per heavy atom. The topological polar surface area (TPSA) is 39.2 Å². The van der Waals surface area contributed by atoms with Crippen LogP contribution >= 0.6 is 11.6 Å². The van der Waals surface area contributed by atoms with Gasteiger partial charge in [-0.2, -0.15) is 0 Å². The first-order valence-corrected chi connectivity index (χ1v) is 6.75. The molecule has 0 unspecified atom stereocenters. The standard InChI is InChI=1S/C16H13ClFNO2/c1-2-21-16(20)14(11-5-7-13(18)8-6-11)10-12-4-3-9-19-15(12)17/h3-10H,2H2,1H3/b14-10+. The van der Waals surface area contributed by atoms with Crippen LogP contribution < -0.4 is 0 Å². The zero-order valence-corrected chi connectivity index (χ0v) is 12.1. The number of benzene rings is 1. The molecule has 0 saturated carbocycles. The van der Waals surface area contributed by atoms with Crippen LogP contribution in [0.1, 0.15) is 18.1 Å². The number of pyridine rings is 1. The molecule has 3 nitrogen and oxygen atoms in total. The second-order valence-corrected chi connectivity index (χ2v) is 4.53. The van der Waals surface area contributed by atoms with Gasteiger partial charge in [0.1, 0.15) is 11.0 Å². The Morgan fingerprint density at radius 3 is 2.67 bits per heavy atom. The molecule has 2 rings (SSSR count). The number of hydrogen-bond donors (Lipinski definition) is 0. The van der Waals surface area contributed by atoms with E-state index in [1.54, 1.807) is 31.3 Å². The molecule has 1 aromatic heterocycles. The second-order valence-electron chi connectivity index (χ2n) is 4.17. The molecule has 0 aliphatic heterocycles. The highest BCUT2D eigenvalue weighted by Crippen LogP contribution is 2.23. The van der Waals surface area contributed by atoms with Crippen LogP contribution in [0.3, 0.4) is 0 Å². The highest BCUT2D eigenvalue weighted by molar-refractivity contribution is 6.32. The van der Waals surface area contributed by atoms with Gasteiger partial charge in [-0.15, -0.1) is 0 Å². The molecule has 0 bridgehead atoms. The van der Waals surface area contributed by atoms with Crippen LogP contribution in [0.2, 0.25) is 5.15 Å². The number of ether oxygens (including phenoxy) is 1. The molecule has 21 heavy (non-hydrogen) atoms. The molecule has 0 amide bonds. The number of nitrogens with zero attached hydrogens (tertiary/aromatic N) is 1. The summed E-state index contributed by atoms with van der Waals surface area (Å²) in [5.74, 6) is -0.870. The Labute approximate surface area is 127 Å². The highest BCUT2D eigenvalue weighted by atomic mass is 35.5. The van der Waals surface area contributed by atoms with Gasteiger partial charge in [-0.05, 0) is 36.8 Å². The Balaban J connectivity index is 2.48. The van der Waals surface area contributed by atoms with Crippen molar-refractivity contribution in [1.29, 1.82) is 0 Å². The first-order valence-electron chi connectivity index (χ1n) is 6.37. The minimum atomic E-state index is -0.496. The monoisotopic (exact) mass is 305 g/mol. The van der Waals surface area contributed by atoms with Gasteiger partial charge >= 0.3 is 5.97 Å². The summed E-state index contributed by atoms with van der Waals surface area (Å²) in [6.45, 7) is 1.97. The number of hydrogen-bond acceptors (Lipinski definition) is 3. The van der Waals surface area contributed by atoms with E-state index in [0.29, 0.717) is 16.7 Å². The third-order valence-corrected chi connectivity index (χ3v) is 3.05.